The Hall–Kier alpha value is -1.70. The van der Waals surface area contributed by atoms with E-state index in [4.69, 9.17) is 5.11 Å². The number of carboxylic acid groups (broad SMARTS) is 1. The van der Waals surface area contributed by atoms with Gasteiger partial charge in [0.1, 0.15) is 5.82 Å². The number of benzene rings is 1. The van der Waals surface area contributed by atoms with Gasteiger partial charge in [0, 0.05) is 16.6 Å². The lowest BCUT2D eigenvalue weighted by Crippen LogP contribution is -2.40. The minimum Gasteiger partial charge on any atom is -0.481 e. The summed E-state index contributed by atoms with van der Waals surface area (Å²) < 4.78 is 26.6. The summed E-state index contributed by atoms with van der Waals surface area (Å²) in [5, 5.41) is 13.6. The molecule has 1 aliphatic carbocycles. The summed E-state index contributed by atoms with van der Waals surface area (Å²) in [5.74, 6) is -2.57. The summed E-state index contributed by atoms with van der Waals surface area (Å²) in [6.45, 7) is 0. The summed E-state index contributed by atoms with van der Waals surface area (Å²) in [6, 6.07) is 0.453. The molecule has 0 spiro atoms. The fourth-order valence-corrected chi connectivity index (χ4v) is 2.51. The molecular weight excluding hydrogens is 350 g/mol. The Labute approximate surface area is 127 Å². The molecule has 1 aromatic carbocycles. The number of carbonyl (C=O) groups excluding carboxylic acids is 1. The van der Waals surface area contributed by atoms with Crippen molar-refractivity contribution in [3.63, 3.8) is 0 Å². The summed E-state index contributed by atoms with van der Waals surface area (Å²) in [4.78, 5) is 22.6. The van der Waals surface area contributed by atoms with Crippen LogP contribution in [-0.2, 0) is 4.79 Å². The highest BCUT2D eigenvalue weighted by Crippen LogP contribution is 2.34. The highest BCUT2D eigenvalue weighted by molar-refractivity contribution is 9.10. The molecule has 1 aromatic rings. The summed E-state index contributed by atoms with van der Waals surface area (Å²) in [5.41, 5.74) is -0.196. The fourth-order valence-electron chi connectivity index (χ4n) is 2.00. The summed E-state index contributed by atoms with van der Waals surface area (Å²) >= 11 is 2.96. The zero-order chi connectivity index (χ0) is 15.6. The number of aliphatic carboxylic acids is 1. The zero-order valence-electron chi connectivity index (χ0n) is 10.8. The molecule has 0 aliphatic heterocycles. The minimum atomic E-state index is -1.01. The zero-order valence-corrected chi connectivity index (χ0v) is 12.4. The quantitative estimate of drug-likeness (QED) is 0.752. The van der Waals surface area contributed by atoms with E-state index < -0.39 is 29.7 Å². The first-order chi connectivity index (χ1) is 9.86. The number of carboxylic acids is 1. The molecule has 1 fully saturated rings. The first-order valence-corrected chi connectivity index (χ1v) is 7.10. The second-order valence-electron chi connectivity index (χ2n) is 4.88. The normalized spacial score (nSPS) is 15.4. The van der Waals surface area contributed by atoms with Crippen molar-refractivity contribution in [3.8, 4) is 0 Å². The van der Waals surface area contributed by atoms with E-state index in [0.29, 0.717) is 6.07 Å². The Kier molecular flexibility index (Phi) is 4.76. The highest BCUT2D eigenvalue weighted by atomic mass is 79.9. The van der Waals surface area contributed by atoms with Crippen molar-refractivity contribution < 1.29 is 23.5 Å². The molecule has 0 saturated heterocycles. The van der Waals surface area contributed by atoms with Crippen LogP contribution in [0.1, 0.15) is 19.3 Å². The highest BCUT2D eigenvalue weighted by Gasteiger charge is 2.33. The van der Waals surface area contributed by atoms with E-state index in [2.05, 4.69) is 26.6 Å². The second-order valence-corrected chi connectivity index (χ2v) is 5.74. The van der Waals surface area contributed by atoms with Gasteiger partial charge in [-0.15, -0.1) is 0 Å². The molecule has 1 aliphatic rings. The number of urea groups is 1. The lowest BCUT2D eigenvalue weighted by Gasteiger charge is -2.17. The molecule has 1 atom stereocenters. The standard InChI is InChI=1S/C13H13BrF2N2O3/c14-8-3-7(15)4-9(16)12(8)18-13(21)17-10(5-11(19)20)6-1-2-6/h3-4,6,10H,1-2,5H2,(H,19,20)(H2,17,18,21). The molecule has 1 saturated carbocycles. The molecule has 2 amide bonds. The van der Waals surface area contributed by atoms with Gasteiger partial charge in [-0.05, 0) is 40.8 Å². The van der Waals surface area contributed by atoms with Gasteiger partial charge in [0.25, 0.3) is 0 Å². The smallest absolute Gasteiger partial charge is 0.319 e. The van der Waals surface area contributed by atoms with Crippen LogP contribution in [0.3, 0.4) is 0 Å². The Balaban J connectivity index is 2.02. The van der Waals surface area contributed by atoms with Crippen molar-refractivity contribution in [2.75, 3.05) is 5.32 Å². The Morgan fingerprint density at radius 3 is 2.57 bits per heavy atom. The number of hydrogen-bond acceptors (Lipinski definition) is 2. The molecule has 0 heterocycles. The number of amides is 2. The molecule has 0 aromatic heterocycles. The second kappa shape index (κ2) is 6.38. The molecule has 21 heavy (non-hydrogen) atoms. The van der Waals surface area contributed by atoms with Gasteiger partial charge < -0.3 is 15.7 Å². The van der Waals surface area contributed by atoms with Gasteiger partial charge in [0.2, 0.25) is 0 Å². The maximum Gasteiger partial charge on any atom is 0.319 e. The van der Waals surface area contributed by atoms with E-state index in [1.807, 2.05) is 0 Å². The van der Waals surface area contributed by atoms with Gasteiger partial charge in [-0.2, -0.15) is 0 Å². The van der Waals surface area contributed by atoms with Crippen LogP contribution >= 0.6 is 15.9 Å². The summed E-state index contributed by atoms with van der Waals surface area (Å²) in [6.07, 6.45) is 1.52. The largest absolute Gasteiger partial charge is 0.481 e. The van der Waals surface area contributed by atoms with Crippen molar-refractivity contribution in [2.24, 2.45) is 5.92 Å². The lowest BCUT2D eigenvalue weighted by atomic mass is 10.1. The maximum atomic E-state index is 13.6. The first kappa shape index (κ1) is 15.7. The molecule has 0 radical (unpaired) electrons. The van der Waals surface area contributed by atoms with Gasteiger partial charge in [-0.25, -0.2) is 13.6 Å². The number of hydrogen-bond donors (Lipinski definition) is 3. The number of anilines is 1. The van der Waals surface area contributed by atoms with Gasteiger partial charge in [0.05, 0.1) is 12.1 Å². The summed E-state index contributed by atoms with van der Waals surface area (Å²) in [7, 11) is 0. The maximum absolute atomic E-state index is 13.6. The Morgan fingerprint density at radius 2 is 2.05 bits per heavy atom. The predicted molar refractivity (Wildman–Crippen MR) is 75.0 cm³/mol. The molecule has 114 valence electrons. The van der Waals surface area contributed by atoms with Crippen molar-refractivity contribution in [2.45, 2.75) is 25.3 Å². The fraction of sp³-hybridized carbons (Fsp3) is 0.385. The van der Waals surface area contributed by atoms with E-state index in [1.165, 1.54) is 0 Å². The Bertz CT molecular complexity index is 556. The molecule has 8 heteroatoms. The number of nitrogens with one attached hydrogen (secondary N) is 2. The van der Waals surface area contributed by atoms with Gasteiger partial charge in [-0.1, -0.05) is 0 Å². The third-order valence-electron chi connectivity index (χ3n) is 3.15. The number of carbonyl (C=O) groups is 2. The van der Waals surface area contributed by atoms with Crippen LogP contribution in [0.2, 0.25) is 0 Å². The van der Waals surface area contributed by atoms with Crippen LogP contribution in [0, 0.1) is 17.6 Å². The molecule has 5 nitrogen and oxygen atoms in total. The lowest BCUT2D eigenvalue weighted by molar-refractivity contribution is -0.137. The van der Waals surface area contributed by atoms with Crippen LogP contribution in [0.4, 0.5) is 19.3 Å². The van der Waals surface area contributed by atoms with Gasteiger partial charge in [-0.3, -0.25) is 4.79 Å². The van der Waals surface area contributed by atoms with Crippen molar-refractivity contribution in [1.29, 1.82) is 0 Å². The van der Waals surface area contributed by atoms with Gasteiger partial charge >= 0.3 is 12.0 Å². The molecular formula is C13H13BrF2N2O3. The van der Waals surface area contributed by atoms with E-state index in [9.17, 15) is 18.4 Å². The Morgan fingerprint density at radius 1 is 1.38 bits per heavy atom. The molecule has 2 rings (SSSR count). The van der Waals surface area contributed by atoms with E-state index in [-0.39, 0.29) is 22.5 Å². The average Bonchev–Trinajstić information content (AvgIpc) is 3.16. The number of halogens is 3. The SMILES string of the molecule is O=C(O)CC(NC(=O)Nc1c(F)cc(F)cc1Br)C1CC1. The van der Waals surface area contributed by atoms with Crippen molar-refractivity contribution in [1.82, 2.24) is 5.32 Å². The molecule has 1 unspecified atom stereocenters. The van der Waals surface area contributed by atoms with Crippen LogP contribution < -0.4 is 10.6 Å². The van der Waals surface area contributed by atoms with Crippen molar-refractivity contribution >= 4 is 33.6 Å². The molecule has 0 bridgehead atoms. The molecule has 3 N–H and O–H groups in total. The van der Waals surface area contributed by atoms with Crippen LogP contribution in [-0.4, -0.2) is 23.1 Å². The number of rotatable bonds is 5. The van der Waals surface area contributed by atoms with Gasteiger partial charge in [0.15, 0.2) is 5.82 Å². The average molecular weight is 363 g/mol. The van der Waals surface area contributed by atoms with E-state index in [1.54, 1.807) is 0 Å². The van der Waals surface area contributed by atoms with Crippen molar-refractivity contribution in [3.05, 3.63) is 28.2 Å². The van der Waals surface area contributed by atoms with Crippen LogP contribution in [0.25, 0.3) is 0 Å². The third kappa shape index (κ3) is 4.38. The van der Waals surface area contributed by atoms with Crippen LogP contribution in [0.15, 0.2) is 16.6 Å². The third-order valence-corrected chi connectivity index (χ3v) is 3.77. The topological polar surface area (TPSA) is 78.4 Å². The monoisotopic (exact) mass is 362 g/mol. The minimum absolute atomic E-state index is 0.0661. The van der Waals surface area contributed by atoms with E-state index in [0.717, 1.165) is 18.9 Å². The van der Waals surface area contributed by atoms with Crippen LogP contribution in [0.5, 0.6) is 0 Å². The predicted octanol–water partition coefficient (Wildman–Crippen LogP) is 3.10. The van der Waals surface area contributed by atoms with E-state index >= 15 is 0 Å². The first-order valence-electron chi connectivity index (χ1n) is 6.30.